The van der Waals surface area contributed by atoms with E-state index in [1.807, 2.05) is 102 Å². The van der Waals surface area contributed by atoms with Crippen LogP contribution in [-0.2, 0) is 6.18 Å². The standard InChI is InChI=1S/C60H38F3N3/c61-60(62,63)47-25-26-48(58(37-47)65-54-27-21-43(39-13-5-1-6-14-39)33-50(54)51-34-44(22-28-55(51)65)40-15-7-2-8-16-40)49-31-32-64-38-59(49)66-56-29-23-45(41-17-9-3-10-18-41)35-52(56)53-36-46(24-30-57(53)66)42-19-11-4-12-20-42/h1-38H. The summed E-state index contributed by atoms with van der Waals surface area (Å²) >= 11 is 0. The fourth-order valence-electron chi connectivity index (χ4n) is 9.72. The molecule has 12 rings (SSSR count). The maximum Gasteiger partial charge on any atom is 0.416 e. The number of nitrogens with zero attached hydrogens (tertiary/aromatic N) is 3. The SMILES string of the molecule is FC(F)(F)c1ccc(-c2ccncc2-n2c3ccc(-c4ccccc4)cc3c3cc(-c4ccccc4)ccc32)c(-n2c3ccc(-c4ccccc4)cc3c3cc(-c4ccccc4)ccc32)c1. The molecule has 0 N–H and O–H groups in total. The molecule has 3 heterocycles. The van der Waals surface area contributed by atoms with Crippen LogP contribution in [0.15, 0.2) is 231 Å². The van der Waals surface area contributed by atoms with Gasteiger partial charge in [0.15, 0.2) is 0 Å². The summed E-state index contributed by atoms with van der Waals surface area (Å²) < 4.78 is 49.2. The Morgan fingerprint density at radius 1 is 0.318 bits per heavy atom. The molecule has 0 aliphatic rings. The maximum atomic E-state index is 15.0. The second-order valence-electron chi connectivity index (χ2n) is 16.7. The third-order valence-electron chi connectivity index (χ3n) is 12.9. The highest BCUT2D eigenvalue weighted by atomic mass is 19.4. The van der Waals surface area contributed by atoms with Crippen molar-refractivity contribution in [3.63, 3.8) is 0 Å². The fourth-order valence-corrected chi connectivity index (χ4v) is 9.72. The molecule has 0 unspecified atom stereocenters. The van der Waals surface area contributed by atoms with Crippen molar-refractivity contribution in [3.8, 4) is 67.0 Å². The molecule has 314 valence electrons. The number of rotatable bonds is 7. The van der Waals surface area contributed by atoms with E-state index in [1.54, 1.807) is 12.3 Å². The summed E-state index contributed by atoms with van der Waals surface area (Å²) in [6.07, 6.45) is -1.04. The van der Waals surface area contributed by atoms with E-state index in [0.29, 0.717) is 11.3 Å². The first-order valence-corrected chi connectivity index (χ1v) is 21.9. The number of pyridine rings is 1. The molecule has 0 amide bonds. The smallest absolute Gasteiger partial charge is 0.309 e. The molecule has 0 saturated heterocycles. The van der Waals surface area contributed by atoms with E-state index in [1.165, 1.54) is 12.1 Å². The lowest BCUT2D eigenvalue weighted by atomic mass is 9.99. The van der Waals surface area contributed by atoms with Gasteiger partial charge in [-0.15, -0.1) is 0 Å². The first-order valence-electron chi connectivity index (χ1n) is 21.9. The summed E-state index contributed by atoms with van der Waals surface area (Å²) in [5, 5.41) is 3.98. The van der Waals surface area contributed by atoms with Gasteiger partial charge in [-0.2, -0.15) is 13.2 Å². The van der Waals surface area contributed by atoms with Crippen LogP contribution in [-0.4, -0.2) is 14.1 Å². The van der Waals surface area contributed by atoms with E-state index in [-0.39, 0.29) is 0 Å². The van der Waals surface area contributed by atoms with Crippen LogP contribution in [0.3, 0.4) is 0 Å². The zero-order valence-corrected chi connectivity index (χ0v) is 35.4. The lowest BCUT2D eigenvalue weighted by molar-refractivity contribution is -0.137. The molecular formula is C60H38F3N3. The highest BCUT2D eigenvalue weighted by Gasteiger charge is 2.32. The van der Waals surface area contributed by atoms with Crippen molar-refractivity contribution < 1.29 is 13.2 Å². The van der Waals surface area contributed by atoms with Crippen LogP contribution in [0.4, 0.5) is 13.2 Å². The molecule has 0 bridgehead atoms. The molecular weight excluding hydrogens is 820 g/mol. The first-order chi connectivity index (χ1) is 32.4. The molecule has 0 saturated carbocycles. The number of hydrogen-bond acceptors (Lipinski definition) is 1. The van der Waals surface area contributed by atoms with Crippen LogP contribution >= 0.6 is 0 Å². The van der Waals surface area contributed by atoms with Gasteiger partial charge in [-0.1, -0.05) is 152 Å². The lowest BCUT2D eigenvalue weighted by Crippen LogP contribution is -2.08. The zero-order valence-electron chi connectivity index (χ0n) is 35.4. The van der Waals surface area contributed by atoms with Gasteiger partial charge in [0.05, 0.1) is 45.2 Å². The number of fused-ring (bicyclic) bond motifs is 6. The van der Waals surface area contributed by atoms with Crippen LogP contribution in [0.5, 0.6) is 0 Å². The van der Waals surface area contributed by atoms with Crippen LogP contribution in [0.2, 0.25) is 0 Å². The third kappa shape index (κ3) is 6.65. The Bertz CT molecular complexity index is 3580. The van der Waals surface area contributed by atoms with Gasteiger partial charge in [0, 0.05) is 38.9 Å². The minimum absolute atomic E-state index is 0.413. The van der Waals surface area contributed by atoms with Crippen LogP contribution in [0.1, 0.15) is 5.56 Å². The Balaban J connectivity index is 1.13. The lowest BCUT2D eigenvalue weighted by Gasteiger charge is -2.20. The topological polar surface area (TPSA) is 22.8 Å². The quantitative estimate of drug-likeness (QED) is 0.157. The summed E-state index contributed by atoms with van der Waals surface area (Å²) in [5.74, 6) is 0. The molecule has 12 aromatic rings. The summed E-state index contributed by atoms with van der Waals surface area (Å²) in [6, 6.07) is 72.6. The fraction of sp³-hybridized carbons (Fsp3) is 0.0167. The second kappa shape index (κ2) is 15.6. The Hall–Kier alpha value is -8.48. The number of alkyl halides is 3. The summed E-state index contributed by atoms with van der Waals surface area (Å²) in [7, 11) is 0. The average molecular weight is 858 g/mol. The molecule has 0 fully saturated rings. The largest absolute Gasteiger partial charge is 0.416 e. The van der Waals surface area contributed by atoms with Crippen molar-refractivity contribution in [2.75, 3.05) is 0 Å². The van der Waals surface area contributed by atoms with Crippen LogP contribution in [0, 0.1) is 0 Å². The zero-order chi connectivity index (χ0) is 44.4. The molecule has 0 spiro atoms. The van der Waals surface area contributed by atoms with Crippen molar-refractivity contribution in [3.05, 3.63) is 236 Å². The molecule has 0 aliphatic heterocycles. The minimum atomic E-state index is -4.59. The Kier molecular flexibility index (Phi) is 9.28. The third-order valence-corrected chi connectivity index (χ3v) is 12.9. The van der Waals surface area contributed by atoms with Gasteiger partial charge < -0.3 is 9.13 Å². The van der Waals surface area contributed by atoms with Gasteiger partial charge in [0.25, 0.3) is 0 Å². The molecule has 0 aliphatic carbocycles. The predicted molar refractivity (Wildman–Crippen MR) is 265 cm³/mol. The van der Waals surface area contributed by atoms with Crippen LogP contribution < -0.4 is 0 Å². The van der Waals surface area contributed by atoms with Crippen molar-refractivity contribution >= 4 is 43.6 Å². The average Bonchev–Trinajstić information content (AvgIpc) is 3.88. The van der Waals surface area contributed by atoms with Gasteiger partial charge in [0.1, 0.15) is 0 Å². The Morgan fingerprint density at radius 3 is 1.03 bits per heavy atom. The second-order valence-corrected chi connectivity index (χ2v) is 16.7. The van der Waals surface area contributed by atoms with E-state index in [4.69, 9.17) is 0 Å². The number of halogens is 3. The summed E-state index contributed by atoms with van der Waals surface area (Å²) in [5.41, 5.74) is 13.8. The van der Waals surface area contributed by atoms with E-state index in [2.05, 4.69) is 119 Å². The maximum absolute atomic E-state index is 15.0. The molecule has 3 nitrogen and oxygen atoms in total. The number of benzene rings is 9. The van der Waals surface area contributed by atoms with E-state index in [9.17, 15) is 13.2 Å². The van der Waals surface area contributed by atoms with Gasteiger partial charge in [-0.3, -0.25) is 4.98 Å². The number of hydrogen-bond donors (Lipinski definition) is 0. The van der Waals surface area contributed by atoms with Crippen LogP contribution in [0.25, 0.3) is 111 Å². The van der Waals surface area contributed by atoms with Crippen molar-refractivity contribution in [1.29, 1.82) is 0 Å². The Morgan fingerprint density at radius 2 is 0.667 bits per heavy atom. The van der Waals surface area contributed by atoms with E-state index in [0.717, 1.165) is 99.4 Å². The summed E-state index contributed by atoms with van der Waals surface area (Å²) in [6.45, 7) is 0. The van der Waals surface area contributed by atoms with Crippen molar-refractivity contribution in [1.82, 2.24) is 14.1 Å². The normalized spacial score (nSPS) is 11.9. The van der Waals surface area contributed by atoms with Gasteiger partial charge in [-0.05, 0) is 111 Å². The van der Waals surface area contributed by atoms with E-state index >= 15 is 0 Å². The highest BCUT2D eigenvalue weighted by molar-refractivity contribution is 6.14. The predicted octanol–water partition coefficient (Wildman–Crippen LogP) is 16.6. The highest BCUT2D eigenvalue weighted by Crippen LogP contribution is 2.45. The first kappa shape index (κ1) is 39.1. The molecule has 9 aromatic carbocycles. The van der Waals surface area contributed by atoms with Gasteiger partial charge in [-0.25, -0.2) is 0 Å². The molecule has 0 atom stereocenters. The molecule has 3 aromatic heterocycles. The van der Waals surface area contributed by atoms with E-state index < -0.39 is 11.7 Å². The van der Waals surface area contributed by atoms with Crippen molar-refractivity contribution in [2.24, 2.45) is 0 Å². The number of aromatic nitrogens is 3. The van der Waals surface area contributed by atoms with Crippen molar-refractivity contribution in [2.45, 2.75) is 6.18 Å². The molecule has 66 heavy (non-hydrogen) atoms. The van der Waals surface area contributed by atoms with Gasteiger partial charge in [0.2, 0.25) is 0 Å². The monoisotopic (exact) mass is 857 g/mol. The summed E-state index contributed by atoms with van der Waals surface area (Å²) in [4.78, 5) is 4.69. The molecule has 6 heteroatoms. The molecule has 0 radical (unpaired) electrons. The minimum Gasteiger partial charge on any atom is -0.309 e. The van der Waals surface area contributed by atoms with Gasteiger partial charge >= 0.3 is 6.18 Å². The Labute approximate surface area is 378 Å².